The number of aromatic carboxylic acids is 1. The van der Waals surface area contributed by atoms with Crippen molar-refractivity contribution in [1.29, 1.82) is 0 Å². The molecule has 3 aromatic rings. The smallest absolute Gasteiger partial charge is 0.356 e. The zero-order valence-corrected chi connectivity index (χ0v) is 12.3. The fourth-order valence-electron chi connectivity index (χ4n) is 2.24. The molecule has 0 fully saturated rings. The minimum Gasteiger partial charge on any atom is -0.476 e. The monoisotopic (exact) mass is 330 g/mol. The van der Waals surface area contributed by atoms with E-state index in [1.54, 1.807) is 4.40 Å². The fourth-order valence-corrected chi connectivity index (χ4v) is 2.77. The summed E-state index contributed by atoms with van der Waals surface area (Å²) in [5, 5.41) is 9.33. The average molecular weight is 331 g/mol. The first kappa shape index (κ1) is 12.9. The van der Waals surface area contributed by atoms with Crippen LogP contribution in [-0.2, 0) is 0 Å². The molecular weight excluding hydrogens is 320 g/mol. The Labute approximate surface area is 123 Å². The van der Waals surface area contributed by atoms with Crippen LogP contribution in [0.25, 0.3) is 16.9 Å². The number of nitrogens with zero attached hydrogens (tertiary/aromatic N) is 2. The molecule has 2 aromatic heterocycles. The molecule has 0 aliphatic carbocycles. The highest BCUT2D eigenvalue weighted by Crippen LogP contribution is 2.28. The highest BCUT2D eigenvalue weighted by molar-refractivity contribution is 9.10. The standard InChI is InChI=1S/C15H11BrN2O2/c1-9-4-2-5-10(8-9)14-17-12(15(19)20)13-11(16)6-3-7-18(13)14/h2-8H,1H3,(H,19,20). The maximum absolute atomic E-state index is 11.4. The summed E-state index contributed by atoms with van der Waals surface area (Å²) in [7, 11) is 0. The molecule has 0 unspecified atom stereocenters. The summed E-state index contributed by atoms with van der Waals surface area (Å²) in [6, 6.07) is 11.5. The van der Waals surface area contributed by atoms with Crippen molar-refractivity contribution in [3.63, 3.8) is 0 Å². The number of aromatic nitrogens is 2. The molecule has 0 aliphatic rings. The zero-order chi connectivity index (χ0) is 14.3. The van der Waals surface area contributed by atoms with Crippen LogP contribution in [0.2, 0.25) is 0 Å². The minimum absolute atomic E-state index is 0.0500. The lowest BCUT2D eigenvalue weighted by Crippen LogP contribution is -1.97. The van der Waals surface area contributed by atoms with Gasteiger partial charge >= 0.3 is 5.97 Å². The molecule has 0 radical (unpaired) electrons. The number of halogens is 1. The topological polar surface area (TPSA) is 54.6 Å². The van der Waals surface area contributed by atoms with Gasteiger partial charge in [-0.25, -0.2) is 9.78 Å². The number of fused-ring (bicyclic) bond motifs is 1. The largest absolute Gasteiger partial charge is 0.476 e. The number of carboxylic acid groups (broad SMARTS) is 1. The van der Waals surface area contributed by atoms with Gasteiger partial charge in [-0.2, -0.15) is 0 Å². The number of rotatable bonds is 2. The van der Waals surface area contributed by atoms with Crippen LogP contribution in [-0.4, -0.2) is 20.5 Å². The second kappa shape index (κ2) is 4.76. The Kier molecular flexibility index (Phi) is 3.06. The van der Waals surface area contributed by atoms with Crippen molar-refractivity contribution in [3.8, 4) is 11.4 Å². The van der Waals surface area contributed by atoms with Gasteiger partial charge in [0.25, 0.3) is 0 Å². The van der Waals surface area contributed by atoms with Gasteiger partial charge in [0.05, 0.1) is 5.52 Å². The van der Waals surface area contributed by atoms with Gasteiger partial charge in [0.15, 0.2) is 5.69 Å². The number of hydrogen-bond donors (Lipinski definition) is 1. The molecule has 0 spiro atoms. The molecule has 0 saturated heterocycles. The molecule has 100 valence electrons. The number of benzene rings is 1. The lowest BCUT2D eigenvalue weighted by atomic mass is 10.1. The number of imidazole rings is 1. The summed E-state index contributed by atoms with van der Waals surface area (Å²) in [4.78, 5) is 15.7. The van der Waals surface area contributed by atoms with Gasteiger partial charge in [-0.15, -0.1) is 0 Å². The third-order valence-corrected chi connectivity index (χ3v) is 3.73. The highest BCUT2D eigenvalue weighted by atomic mass is 79.9. The third-order valence-electron chi connectivity index (χ3n) is 3.09. The van der Waals surface area contributed by atoms with Crippen molar-refractivity contribution in [2.45, 2.75) is 6.92 Å². The van der Waals surface area contributed by atoms with E-state index in [9.17, 15) is 9.90 Å². The van der Waals surface area contributed by atoms with Gasteiger partial charge in [-0.05, 0) is 41.1 Å². The van der Waals surface area contributed by atoms with Crippen LogP contribution in [0.3, 0.4) is 0 Å². The second-order valence-corrected chi connectivity index (χ2v) is 5.39. The quantitative estimate of drug-likeness (QED) is 0.778. The third kappa shape index (κ3) is 2.00. The van der Waals surface area contributed by atoms with Crippen molar-refractivity contribution >= 4 is 27.4 Å². The Hall–Kier alpha value is -2.14. The Bertz CT molecular complexity index is 824. The normalized spacial score (nSPS) is 10.9. The molecular formula is C15H11BrN2O2. The van der Waals surface area contributed by atoms with Gasteiger partial charge < -0.3 is 5.11 Å². The lowest BCUT2D eigenvalue weighted by Gasteiger charge is -2.03. The molecule has 0 amide bonds. The molecule has 4 nitrogen and oxygen atoms in total. The van der Waals surface area contributed by atoms with Gasteiger partial charge in [-0.3, -0.25) is 4.40 Å². The van der Waals surface area contributed by atoms with Crippen LogP contribution in [0.4, 0.5) is 0 Å². The fraction of sp³-hybridized carbons (Fsp3) is 0.0667. The van der Waals surface area contributed by atoms with E-state index in [4.69, 9.17) is 0 Å². The van der Waals surface area contributed by atoms with E-state index in [1.807, 2.05) is 49.5 Å². The number of hydrogen-bond acceptors (Lipinski definition) is 2. The molecule has 0 bridgehead atoms. The average Bonchev–Trinajstić information content (AvgIpc) is 2.80. The Morgan fingerprint density at radius 3 is 2.80 bits per heavy atom. The van der Waals surface area contributed by atoms with Crippen LogP contribution < -0.4 is 0 Å². The maximum atomic E-state index is 11.4. The van der Waals surface area contributed by atoms with E-state index >= 15 is 0 Å². The Morgan fingerprint density at radius 2 is 2.10 bits per heavy atom. The summed E-state index contributed by atoms with van der Waals surface area (Å²) in [5.41, 5.74) is 2.61. The SMILES string of the molecule is Cc1cccc(-c2nc(C(=O)O)c3c(Br)cccn23)c1. The molecule has 0 saturated carbocycles. The van der Waals surface area contributed by atoms with E-state index in [-0.39, 0.29) is 5.69 Å². The summed E-state index contributed by atoms with van der Waals surface area (Å²) >= 11 is 3.39. The van der Waals surface area contributed by atoms with Crippen LogP contribution in [0, 0.1) is 6.92 Å². The number of pyridine rings is 1. The molecule has 2 heterocycles. The van der Waals surface area contributed by atoms with Gasteiger partial charge in [0.1, 0.15) is 5.82 Å². The number of carboxylic acids is 1. The van der Waals surface area contributed by atoms with Gasteiger partial charge in [-0.1, -0.05) is 23.8 Å². The van der Waals surface area contributed by atoms with Crippen molar-refractivity contribution in [3.05, 3.63) is 58.3 Å². The molecule has 0 atom stereocenters. The van der Waals surface area contributed by atoms with Crippen LogP contribution in [0.1, 0.15) is 16.1 Å². The van der Waals surface area contributed by atoms with Crippen LogP contribution >= 0.6 is 15.9 Å². The molecule has 20 heavy (non-hydrogen) atoms. The summed E-state index contributed by atoms with van der Waals surface area (Å²) in [6.45, 7) is 1.99. The van der Waals surface area contributed by atoms with Crippen LogP contribution in [0.15, 0.2) is 47.1 Å². The van der Waals surface area contributed by atoms with E-state index in [2.05, 4.69) is 20.9 Å². The van der Waals surface area contributed by atoms with Gasteiger partial charge in [0, 0.05) is 16.2 Å². The van der Waals surface area contributed by atoms with Crippen molar-refractivity contribution in [2.24, 2.45) is 0 Å². The number of aryl methyl sites for hydroxylation is 1. The van der Waals surface area contributed by atoms with Crippen molar-refractivity contribution in [2.75, 3.05) is 0 Å². The summed E-state index contributed by atoms with van der Waals surface area (Å²) < 4.78 is 2.51. The molecule has 3 rings (SSSR count). The van der Waals surface area contributed by atoms with E-state index in [0.717, 1.165) is 11.1 Å². The molecule has 1 N–H and O–H groups in total. The van der Waals surface area contributed by atoms with E-state index in [0.29, 0.717) is 15.8 Å². The predicted molar refractivity (Wildman–Crippen MR) is 80.0 cm³/mol. The zero-order valence-electron chi connectivity index (χ0n) is 10.7. The van der Waals surface area contributed by atoms with Gasteiger partial charge in [0.2, 0.25) is 0 Å². The first-order chi connectivity index (χ1) is 9.58. The molecule has 5 heteroatoms. The lowest BCUT2D eigenvalue weighted by molar-refractivity contribution is 0.0693. The number of carbonyl (C=O) groups is 1. The van der Waals surface area contributed by atoms with Crippen molar-refractivity contribution < 1.29 is 9.90 Å². The molecule has 0 aliphatic heterocycles. The summed E-state index contributed by atoms with van der Waals surface area (Å²) in [6.07, 6.45) is 1.82. The van der Waals surface area contributed by atoms with Crippen LogP contribution in [0.5, 0.6) is 0 Å². The minimum atomic E-state index is -1.03. The first-order valence-corrected chi connectivity index (χ1v) is 6.84. The Morgan fingerprint density at radius 1 is 1.30 bits per heavy atom. The molecule has 1 aromatic carbocycles. The predicted octanol–water partition coefficient (Wildman–Crippen LogP) is 3.77. The maximum Gasteiger partial charge on any atom is 0.356 e. The first-order valence-electron chi connectivity index (χ1n) is 6.05. The Balaban J connectivity index is 2.38. The van der Waals surface area contributed by atoms with Crippen molar-refractivity contribution in [1.82, 2.24) is 9.38 Å². The second-order valence-electron chi connectivity index (χ2n) is 4.53. The van der Waals surface area contributed by atoms with E-state index in [1.165, 1.54) is 0 Å². The summed E-state index contributed by atoms with van der Waals surface area (Å²) in [5.74, 6) is -0.407. The highest BCUT2D eigenvalue weighted by Gasteiger charge is 2.19. The van der Waals surface area contributed by atoms with E-state index < -0.39 is 5.97 Å².